The fraction of sp³-hybridized carbons (Fsp3) is 0.429. The second kappa shape index (κ2) is 9.09. The monoisotopic (exact) mass is 444 g/mol. The molecule has 0 atom stereocenters. The summed E-state index contributed by atoms with van der Waals surface area (Å²) in [6, 6.07) is 5.66. The van der Waals surface area contributed by atoms with Crippen LogP contribution in [0.4, 0.5) is 0 Å². The van der Waals surface area contributed by atoms with Crippen molar-refractivity contribution in [1.82, 2.24) is 20.4 Å². The topological polar surface area (TPSA) is 88.3 Å². The maximum absolute atomic E-state index is 12.7. The molecule has 4 heterocycles. The van der Waals surface area contributed by atoms with Gasteiger partial charge >= 0.3 is 0 Å². The summed E-state index contributed by atoms with van der Waals surface area (Å²) in [6.07, 6.45) is 2.05. The van der Waals surface area contributed by atoms with Crippen LogP contribution in [-0.4, -0.2) is 39.9 Å². The van der Waals surface area contributed by atoms with E-state index in [-0.39, 0.29) is 23.5 Å². The molecule has 3 aromatic rings. The molecule has 4 rings (SSSR count). The molecular weight excluding hydrogens is 420 g/mol. The van der Waals surface area contributed by atoms with Crippen LogP contribution in [0.25, 0.3) is 0 Å². The van der Waals surface area contributed by atoms with E-state index in [4.69, 9.17) is 4.52 Å². The molecule has 2 amide bonds. The van der Waals surface area contributed by atoms with Crippen molar-refractivity contribution >= 4 is 34.5 Å². The van der Waals surface area contributed by atoms with Crippen LogP contribution in [0.15, 0.2) is 28.1 Å². The van der Waals surface area contributed by atoms with Gasteiger partial charge in [-0.2, -0.15) is 0 Å². The van der Waals surface area contributed by atoms with Crippen LogP contribution < -0.4 is 5.32 Å². The van der Waals surface area contributed by atoms with Gasteiger partial charge in [-0.05, 0) is 38.1 Å². The van der Waals surface area contributed by atoms with E-state index in [2.05, 4.69) is 15.5 Å². The van der Waals surface area contributed by atoms with E-state index in [1.165, 1.54) is 0 Å². The van der Waals surface area contributed by atoms with Crippen LogP contribution in [0.2, 0.25) is 0 Å². The first-order chi connectivity index (χ1) is 14.5. The summed E-state index contributed by atoms with van der Waals surface area (Å²) in [4.78, 5) is 33.4. The predicted octanol–water partition coefficient (Wildman–Crippen LogP) is 3.69. The van der Waals surface area contributed by atoms with E-state index < -0.39 is 0 Å². The lowest BCUT2D eigenvalue weighted by Crippen LogP contribution is -2.38. The summed E-state index contributed by atoms with van der Waals surface area (Å²) < 4.78 is 5.27. The number of carbonyl (C=O) groups is 2. The van der Waals surface area contributed by atoms with Gasteiger partial charge in [-0.1, -0.05) is 11.2 Å². The summed E-state index contributed by atoms with van der Waals surface area (Å²) >= 11 is 3.19. The molecule has 0 saturated carbocycles. The van der Waals surface area contributed by atoms with Crippen LogP contribution >= 0.6 is 22.7 Å². The minimum Gasteiger partial charge on any atom is -0.351 e. The molecule has 158 valence electrons. The fourth-order valence-corrected chi connectivity index (χ4v) is 5.24. The molecule has 0 aromatic carbocycles. The number of likely N-dealkylation sites (tertiary alicyclic amines) is 1. The zero-order valence-electron chi connectivity index (χ0n) is 17.0. The van der Waals surface area contributed by atoms with Gasteiger partial charge in [-0.3, -0.25) is 9.59 Å². The van der Waals surface area contributed by atoms with Gasteiger partial charge in [0.15, 0.2) is 0 Å². The third-order valence-corrected chi connectivity index (χ3v) is 7.28. The first-order valence-corrected chi connectivity index (χ1v) is 11.7. The van der Waals surface area contributed by atoms with Crippen LogP contribution in [-0.2, 0) is 17.8 Å². The fourth-order valence-electron chi connectivity index (χ4n) is 3.67. The smallest absolute Gasteiger partial charge is 0.290 e. The molecule has 0 spiro atoms. The minimum atomic E-state index is -0.259. The van der Waals surface area contributed by atoms with Crippen LogP contribution in [0, 0.1) is 13.8 Å². The van der Waals surface area contributed by atoms with E-state index in [1.54, 1.807) is 28.7 Å². The van der Waals surface area contributed by atoms with Crippen molar-refractivity contribution in [3.05, 3.63) is 55.5 Å². The average Bonchev–Trinajstić information content (AvgIpc) is 3.48. The van der Waals surface area contributed by atoms with Gasteiger partial charge < -0.3 is 14.7 Å². The maximum atomic E-state index is 12.7. The molecule has 0 unspecified atom stereocenters. The number of aryl methyl sites for hydroxylation is 2. The lowest BCUT2D eigenvalue weighted by atomic mass is 9.93. The average molecular weight is 445 g/mol. The van der Waals surface area contributed by atoms with E-state index in [0.29, 0.717) is 26.1 Å². The minimum absolute atomic E-state index is 0.147. The second-order valence-electron chi connectivity index (χ2n) is 7.45. The Morgan fingerprint density at radius 1 is 1.30 bits per heavy atom. The van der Waals surface area contributed by atoms with E-state index in [1.807, 2.05) is 36.3 Å². The molecular formula is C21H24N4O3S2. The molecule has 0 radical (unpaired) electrons. The number of nitrogens with zero attached hydrogens (tertiary/aromatic N) is 3. The maximum Gasteiger partial charge on any atom is 0.290 e. The highest BCUT2D eigenvalue weighted by Crippen LogP contribution is 2.28. The molecule has 1 aliphatic rings. The first-order valence-electron chi connectivity index (χ1n) is 9.97. The van der Waals surface area contributed by atoms with Crippen molar-refractivity contribution in [3.8, 4) is 0 Å². The number of amides is 2. The number of hydrogen-bond acceptors (Lipinski definition) is 7. The molecule has 1 saturated heterocycles. The zero-order chi connectivity index (χ0) is 21.1. The van der Waals surface area contributed by atoms with Crippen molar-refractivity contribution in [2.45, 2.75) is 45.6 Å². The number of aromatic nitrogens is 2. The largest absolute Gasteiger partial charge is 0.351 e. The quantitative estimate of drug-likeness (QED) is 0.626. The molecule has 9 heteroatoms. The van der Waals surface area contributed by atoms with Crippen molar-refractivity contribution in [2.75, 3.05) is 13.1 Å². The first kappa shape index (κ1) is 20.7. The predicted molar refractivity (Wildman–Crippen MR) is 116 cm³/mol. The lowest BCUT2D eigenvalue weighted by Gasteiger charge is -2.31. The summed E-state index contributed by atoms with van der Waals surface area (Å²) in [6.45, 7) is 5.77. The van der Waals surface area contributed by atoms with Gasteiger partial charge in [0.05, 0.1) is 29.4 Å². The number of piperidine rings is 1. The molecule has 1 N–H and O–H groups in total. The Labute approximate surface area is 183 Å². The molecule has 7 nitrogen and oxygen atoms in total. The Morgan fingerprint density at radius 3 is 2.77 bits per heavy atom. The van der Waals surface area contributed by atoms with Crippen molar-refractivity contribution in [1.29, 1.82) is 0 Å². The highest BCUT2D eigenvalue weighted by molar-refractivity contribution is 7.11. The highest BCUT2D eigenvalue weighted by Gasteiger charge is 2.27. The van der Waals surface area contributed by atoms with Gasteiger partial charge in [0.25, 0.3) is 5.91 Å². The normalized spacial score (nSPS) is 14.8. The molecule has 1 fully saturated rings. The Kier molecular flexibility index (Phi) is 6.29. The van der Waals surface area contributed by atoms with E-state index >= 15 is 0 Å². The lowest BCUT2D eigenvalue weighted by molar-refractivity contribution is -0.131. The van der Waals surface area contributed by atoms with Gasteiger partial charge in [-0.15, -0.1) is 22.7 Å². The summed E-state index contributed by atoms with van der Waals surface area (Å²) in [7, 11) is 0. The summed E-state index contributed by atoms with van der Waals surface area (Å²) in [5.41, 5.74) is 1.74. The third kappa shape index (κ3) is 4.79. The van der Waals surface area contributed by atoms with E-state index in [9.17, 15) is 9.59 Å². The number of thiophene rings is 1. The van der Waals surface area contributed by atoms with Crippen LogP contribution in [0.5, 0.6) is 0 Å². The molecule has 0 bridgehead atoms. The molecule has 3 aromatic heterocycles. The Morgan fingerprint density at radius 2 is 2.10 bits per heavy atom. The van der Waals surface area contributed by atoms with E-state index in [0.717, 1.165) is 39.0 Å². The third-order valence-electron chi connectivity index (χ3n) is 5.33. The van der Waals surface area contributed by atoms with Crippen LogP contribution in [0.3, 0.4) is 0 Å². The van der Waals surface area contributed by atoms with Crippen molar-refractivity contribution in [3.63, 3.8) is 0 Å². The molecule has 1 aliphatic heterocycles. The number of nitrogens with one attached hydrogen (secondary N) is 1. The van der Waals surface area contributed by atoms with Gasteiger partial charge in [-0.25, -0.2) is 4.98 Å². The zero-order valence-corrected chi connectivity index (χ0v) is 18.6. The van der Waals surface area contributed by atoms with Gasteiger partial charge in [0.2, 0.25) is 11.7 Å². The number of hydrogen-bond donors (Lipinski definition) is 1. The van der Waals surface area contributed by atoms with Crippen LogP contribution in [0.1, 0.15) is 55.5 Å². The summed E-state index contributed by atoms with van der Waals surface area (Å²) in [5, 5.41) is 9.94. The highest BCUT2D eigenvalue weighted by atomic mass is 32.1. The Bertz CT molecular complexity index is 1020. The van der Waals surface area contributed by atoms with Gasteiger partial charge in [0.1, 0.15) is 0 Å². The summed E-state index contributed by atoms with van der Waals surface area (Å²) in [5.74, 6) is 0.319. The van der Waals surface area contributed by atoms with Crippen molar-refractivity contribution in [2.24, 2.45) is 0 Å². The molecule has 30 heavy (non-hydrogen) atoms. The number of rotatable bonds is 6. The van der Waals surface area contributed by atoms with Gasteiger partial charge in [0, 0.05) is 34.8 Å². The number of carbonyl (C=O) groups excluding carboxylic acids is 2. The Hall–Kier alpha value is -2.52. The SMILES string of the molecule is Cc1nc(C)c(CC(=O)N2CCC(c3cc(C(=O)NCc4cccs4)on3)CC2)s1. The Balaban J connectivity index is 1.28. The number of thiazole rings is 1. The second-order valence-corrected chi connectivity index (χ2v) is 9.77. The molecule has 0 aliphatic carbocycles. The standard InChI is InChI=1S/C21H24N4O3S2/c1-13-19(30-14(2)23-13)11-20(26)25-7-5-15(6-8-25)17-10-18(28-24-17)21(27)22-12-16-4-3-9-29-16/h3-4,9-10,15H,5-8,11-12H2,1-2H3,(H,22,27). The van der Waals surface area contributed by atoms with Crippen molar-refractivity contribution < 1.29 is 14.1 Å².